The Bertz CT molecular complexity index is 431. The van der Waals surface area contributed by atoms with Gasteiger partial charge < -0.3 is 14.8 Å². The number of hydrogen-bond acceptors (Lipinski definition) is 3. The van der Waals surface area contributed by atoms with Crippen LogP contribution in [0.2, 0.25) is 0 Å². The van der Waals surface area contributed by atoms with E-state index in [4.69, 9.17) is 9.47 Å². The Kier molecular flexibility index (Phi) is 6.46. The summed E-state index contributed by atoms with van der Waals surface area (Å²) in [5.41, 5.74) is 0.908. The van der Waals surface area contributed by atoms with Crippen LogP contribution in [0.3, 0.4) is 0 Å². The van der Waals surface area contributed by atoms with Crippen molar-refractivity contribution in [3.8, 4) is 5.75 Å². The number of methoxy groups -OCH3 is 1. The molecule has 0 bridgehead atoms. The standard InChI is InChI=1S/C17H26FNO2/c1-13-3-5-16(6-4-13)21-17-10-14(9-15(18)11-17)12-19-7-8-20-2/h9-11,13,16,19H,3-8,12H2,1-2H3. The van der Waals surface area contributed by atoms with Gasteiger partial charge in [-0.05, 0) is 49.3 Å². The monoisotopic (exact) mass is 295 g/mol. The summed E-state index contributed by atoms with van der Waals surface area (Å²) in [6, 6.07) is 4.97. The van der Waals surface area contributed by atoms with E-state index in [9.17, 15) is 4.39 Å². The molecule has 1 aromatic carbocycles. The minimum Gasteiger partial charge on any atom is -0.490 e. The van der Waals surface area contributed by atoms with Crippen molar-refractivity contribution in [2.45, 2.75) is 45.3 Å². The maximum atomic E-state index is 13.7. The zero-order chi connectivity index (χ0) is 15.1. The second-order valence-corrected chi connectivity index (χ2v) is 5.96. The molecule has 0 atom stereocenters. The lowest BCUT2D eigenvalue weighted by atomic mass is 9.89. The Balaban J connectivity index is 1.88. The molecule has 1 aliphatic carbocycles. The Morgan fingerprint density at radius 1 is 1.19 bits per heavy atom. The lowest BCUT2D eigenvalue weighted by molar-refractivity contribution is 0.135. The third-order valence-electron chi connectivity index (χ3n) is 4.01. The van der Waals surface area contributed by atoms with E-state index in [1.54, 1.807) is 13.2 Å². The van der Waals surface area contributed by atoms with Crippen LogP contribution in [0, 0.1) is 11.7 Å². The minimum atomic E-state index is -0.236. The molecule has 3 nitrogen and oxygen atoms in total. The number of benzene rings is 1. The molecule has 0 aliphatic heterocycles. The van der Waals surface area contributed by atoms with Crippen LogP contribution < -0.4 is 10.1 Å². The van der Waals surface area contributed by atoms with Gasteiger partial charge >= 0.3 is 0 Å². The van der Waals surface area contributed by atoms with Crippen LogP contribution in [0.4, 0.5) is 4.39 Å². The second kappa shape index (κ2) is 8.35. The van der Waals surface area contributed by atoms with E-state index in [0.29, 0.717) is 18.9 Å². The molecule has 1 fully saturated rings. The van der Waals surface area contributed by atoms with Gasteiger partial charge in [-0.3, -0.25) is 0 Å². The highest BCUT2D eigenvalue weighted by molar-refractivity contribution is 5.29. The van der Waals surface area contributed by atoms with E-state index in [1.165, 1.54) is 18.9 Å². The fourth-order valence-corrected chi connectivity index (χ4v) is 2.74. The summed E-state index contributed by atoms with van der Waals surface area (Å²) >= 11 is 0. The molecule has 0 radical (unpaired) electrons. The third kappa shape index (κ3) is 5.64. The molecule has 1 saturated carbocycles. The summed E-state index contributed by atoms with van der Waals surface area (Å²) in [7, 11) is 1.67. The predicted molar refractivity (Wildman–Crippen MR) is 82.0 cm³/mol. The summed E-state index contributed by atoms with van der Waals surface area (Å²) in [6.07, 6.45) is 4.77. The van der Waals surface area contributed by atoms with E-state index in [2.05, 4.69) is 12.2 Å². The van der Waals surface area contributed by atoms with Gasteiger partial charge in [0.1, 0.15) is 11.6 Å². The number of rotatable bonds is 7. The van der Waals surface area contributed by atoms with Gasteiger partial charge in [-0.25, -0.2) is 4.39 Å². The van der Waals surface area contributed by atoms with Crippen molar-refractivity contribution in [2.75, 3.05) is 20.3 Å². The zero-order valence-corrected chi connectivity index (χ0v) is 13.0. The van der Waals surface area contributed by atoms with Crippen LogP contribution >= 0.6 is 0 Å². The Morgan fingerprint density at radius 2 is 1.95 bits per heavy atom. The number of nitrogens with one attached hydrogen (secondary N) is 1. The molecule has 0 aromatic heterocycles. The topological polar surface area (TPSA) is 30.5 Å². The second-order valence-electron chi connectivity index (χ2n) is 5.96. The number of halogens is 1. The Morgan fingerprint density at radius 3 is 2.67 bits per heavy atom. The van der Waals surface area contributed by atoms with Gasteiger partial charge in [-0.2, -0.15) is 0 Å². The summed E-state index contributed by atoms with van der Waals surface area (Å²) in [4.78, 5) is 0. The van der Waals surface area contributed by atoms with E-state index < -0.39 is 0 Å². The lowest BCUT2D eigenvalue weighted by Gasteiger charge is -2.27. The molecule has 0 spiro atoms. The Labute approximate surface area is 126 Å². The van der Waals surface area contributed by atoms with Crippen molar-refractivity contribution in [3.05, 3.63) is 29.6 Å². The summed E-state index contributed by atoms with van der Waals surface area (Å²) in [5.74, 6) is 1.20. The smallest absolute Gasteiger partial charge is 0.127 e. The molecule has 0 amide bonds. The summed E-state index contributed by atoms with van der Waals surface area (Å²) < 4.78 is 24.6. The summed E-state index contributed by atoms with van der Waals surface area (Å²) in [6.45, 7) is 4.31. The molecule has 21 heavy (non-hydrogen) atoms. The first-order valence-corrected chi connectivity index (χ1v) is 7.83. The molecule has 0 heterocycles. The van der Waals surface area contributed by atoms with Gasteiger partial charge in [0.2, 0.25) is 0 Å². The first-order chi connectivity index (χ1) is 10.2. The SMILES string of the molecule is COCCNCc1cc(F)cc(OC2CCC(C)CC2)c1. The van der Waals surface area contributed by atoms with Gasteiger partial charge in [0.15, 0.2) is 0 Å². The molecule has 0 unspecified atom stereocenters. The first kappa shape index (κ1) is 16.2. The zero-order valence-electron chi connectivity index (χ0n) is 13.0. The quantitative estimate of drug-likeness (QED) is 0.781. The predicted octanol–water partition coefficient (Wildman–Crippen LogP) is 3.52. The fourth-order valence-electron chi connectivity index (χ4n) is 2.74. The molecule has 1 N–H and O–H groups in total. The molecule has 118 valence electrons. The van der Waals surface area contributed by atoms with Crippen LogP contribution in [0.5, 0.6) is 5.75 Å². The van der Waals surface area contributed by atoms with Crippen LogP contribution in [-0.4, -0.2) is 26.4 Å². The molecule has 0 saturated heterocycles. The van der Waals surface area contributed by atoms with Gasteiger partial charge in [0.25, 0.3) is 0 Å². The van der Waals surface area contributed by atoms with Crippen molar-refractivity contribution < 1.29 is 13.9 Å². The lowest BCUT2D eigenvalue weighted by Crippen LogP contribution is -2.23. The Hall–Kier alpha value is -1.13. The van der Waals surface area contributed by atoms with Gasteiger partial charge in [-0.15, -0.1) is 0 Å². The van der Waals surface area contributed by atoms with Crippen molar-refractivity contribution in [2.24, 2.45) is 5.92 Å². The highest BCUT2D eigenvalue weighted by Gasteiger charge is 2.19. The number of hydrogen-bond donors (Lipinski definition) is 1. The van der Waals surface area contributed by atoms with Crippen molar-refractivity contribution in [3.63, 3.8) is 0 Å². The third-order valence-corrected chi connectivity index (χ3v) is 4.01. The highest BCUT2D eigenvalue weighted by atomic mass is 19.1. The van der Waals surface area contributed by atoms with Gasteiger partial charge in [0.05, 0.1) is 12.7 Å². The normalized spacial score (nSPS) is 22.2. The van der Waals surface area contributed by atoms with E-state index in [0.717, 1.165) is 30.9 Å². The highest BCUT2D eigenvalue weighted by Crippen LogP contribution is 2.28. The van der Waals surface area contributed by atoms with Gasteiger partial charge in [0, 0.05) is 26.3 Å². The number of ether oxygens (including phenoxy) is 2. The summed E-state index contributed by atoms with van der Waals surface area (Å²) in [5, 5.41) is 3.22. The maximum Gasteiger partial charge on any atom is 0.127 e. The molecule has 4 heteroatoms. The molecular formula is C17H26FNO2. The first-order valence-electron chi connectivity index (χ1n) is 7.83. The van der Waals surface area contributed by atoms with Crippen LogP contribution in [-0.2, 0) is 11.3 Å². The fraction of sp³-hybridized carbons (Fsp3) is 0.647. The van der Waals surface area contributed by atoms with E-state index in [-0.39, 0.29) is 11.9 Å². The maximum absolute atomic E-state index is 13.7. The van der Waals surface area contributed by atoms with E-state index in [1.807, 2.05) is 6.07 Å². The van der Waals surface area contributed by atoms with Crippen molar-refractivity contribution in [1.29, 1.82) is 0 Å². The minimum absolute atomic E-state index is 0.234. The van der Waals surface area contributed by atoms with E-state index >= 15 is 0 Å². The average molecular weight is 295 g/mol. The molecule has 1 aliphatic rings. The largest absolute Gasteiger partial charge is 0.490 e. The molecular weight excluding hydrogens is 269 g/mol. The van der Waals surface area contributed by atoms with Crippen LogP contribution in [0.1, 0.15) is 38.2 Å². The van der Waals surface area contributed by atoms with Crippen LogP contribution in [0.15, 0.2) is 18.2 Å². The van der Waals surface area contributed by atoms with Crippen LogP contribution in [0.25, 0.3) is 0 Å². The van der Waals surface area contributed by atoms with Gasteiger partial charge in [-0.1, -0.05) is 6.92 Å². The molecule has 2 rings (SSSR count). The average Bonchev–Trinajstić information content (AvgIpc) is 2.46. The van der Waals surface area contributed by atoms with Crippen molar-refractivity contribution >= 4 is 0 Å². The van der Waals surface area contributed by atoms with Crippen molar-refractivity contribution in [1.82, 2.24) is 5.32 Å². The molecule has 1 aromatic rings.